The molecule has 0 aromatic heterocycles. The van der Waals surface area contributed by atoms with Crippen LogP contribution < -0.4 is 5.32 Å². The summed E-state index contributed by atoms with van der Waals surface area (Å²) in [5.41, 5.74) is -6.64. The average molecular weight is 644 g/mol. The number of rotatable bonds is 8. The lowest BCUT2D eigenvalue weighted by molar-refractivity contribution is -0.347. The second-order valence-corrected chi connectivity index (χ2v) is 14.2. The first kappa shape index (κ1) is 34.8. The average Bonchev–Trinajstić information content (AvgIpc) is 2.91. The van der Waals surface area contributed by atoms with Crippen LogP contribution in [0.4, 0.5) is 0 Å². The van der Waals surface area contributed by atoms with Crippen LogP contribution in [0.5, 0.6) is 0 Å². The summed E-state index contributed by atoms with van der Waals surface area (Å²) in [6.45, 7) is 9.88. The smallest absolute Gasteiger partial charge is 0.337 e. The maximum atomic E-state index is 14.6. The monoisotopic (exact) mass is 643 g/mol. The van der Waals surface area contributed by atoms with Gasteiger partial charge in [0.1, 0.15) is 29.5 Å². The fourth-order valence-electron chi connectivity index (χ4n) is 7.98. The molecule has 1 saturated heterocycles. The van der Waals surface area contributed by atoms with Crippen LogP contribution in [-0.2, 0) is 38.1 Å². The molecule has 1 amide bonds. The Hall–Kier alpha value is -2.07. The van der Waals surface area contributed by atoms with E-state index in [1.54, 1.807) is 27.7 Å². The zero-order valence-corrected chi connectivity index (χ0v) is 27.2. The van der Waals surface area contributed by atoms with Gasteiger partial charge in [-0.3, -0.25) is 14.4 Å². The molecule has 1 aliphatic heterocycles. The summed E-state index contributed by atoms with van der Waals surface area (Å²) < 4.78 is 23.4. The SMILES string of the molecule is CSCOC1CC2OC[C@@]2(O)[C@H]2[C@H](OC(C)=O)[C@]3(O)C[C@H](OC(=O)[C@H](O)[C@H](C)NC(C)=O)C(C)=C([C@@H](O)C(=O)[C@]12C)C3(C)C. The minimum Gasteiger partial charge on any atom is -0.459 e. The van der Waals surface area contributed by atoms with Gasteiger partial charge < -0.3 is 44.7 Å². The predicted octanol–water partition coefficient (Wildman–Crippen LogP) is -0.00170. The first-order valence-electron chi connectivity index (χ1n) is 14.7. The highest BCUT2D eigenvalue weighted by Crippen LogP contribution is 2.63. The molecule has 0 aromatic carbocycles. The van der Waals surface area contributed by atoms with E-state index in [2.05, 4.69) is 5.32 Å². The van der Waals surface area contributed by atoms with Gasteiger partial charge in [-0.2, -0.15) is 0 Å². The van der Waals surface area contributed by atoms with E-state index in [9.17, 15) is 39.6 Å². The summed E-state index contributed by atoms with van der Waals surface area (Å²) in [7, 11) is 0. The molecule has 1 heterocycles. The Morgan fingerprint density at radius 3 is 2.32 bits per heavy atom. The van der Waals surface area contributed by atoms with Crippen molar-refractivity contribution in [3.05, 3.63) is 11.1 Å². The summed E-state index contributed by atoms with van der Waals surface area (Å²) in [4.78, 5) is 51.9. The molecule has 5 N–H and O–H groups in total. The molecule has 13 nitrogen and oxygen atoms in total. The van der Waals surface area contributed by atoms with E-state index in [1.165, 1.54) is 25.6 Å². The molecule has 11 atom stereocenters. The van der Waals surface area contributed by atoms with Crippen molar-refractivity contribution in [1.29, 1.82) is 0 Å². The van der Waals surface area contributed by atoms with Gasteiger partial charge in [-0.1, -0.05) is 13.8 Å². The third-order valence-corrected chi connectivity index (χ3v) is 10.8. The summed E-state index contributed by atoms with van der Waals surface area (Å²) in [6, 6.07) is -1.01. The van der Waals surface area contributed by atoms with E-state index in [0.29, 0.717) is 0 Å². The number of ether oxygens (including phenoxy) is 4. The second-order valence-electron chi connectivity index (χ2n) is 13.4. The van der Waals surface area contributed by atoms with Crippen LogP contribution in [0.2, 0.25) is 0 Å². The van der Waals surface area contributed by atoms with Gasteiger partial charge in [0.2, 0.25) is 5.91 Å². The molecule has 4 rings (SSSR count). The maximum Gasteiger partial charge on any atom is 0.337 e. The molecule has 0 radical (unpaired) electrons. The molecule has 0 spiro atoms. The molecule has 3 aliphatic carbocycles. The number of carbonyl (C=O) groups is 4. The van der Waals surface area contributed by atoms with Gasteiger partial charge in [-0.05, 0) is 38.2 Å². The quantitative estimate of drug-likeness (QED) is 0.135. The van der Waals surface area contributed by atoms with Crippen molar-refractivity contribution >= 4 is 35.4 Å². The van der Waals surface area contributed by atoms with Gasteiger partial charge in [0.05, 0.1) is 36.2 Å². The van der Waals surface area contributed by atoms with Crippen LogP contribution in [0.15, 0.2) is 11.1 Å². The van der Waals surface area contributed by atoms with Gasteiger partial charge in [-0.15, -0.1) is 11.8 Å². The Kier molecular flexibility index (Phi) is 9.44. The van der Waals surface area contributed by atoms with Crippen molar-refractivity contribution in [3.8, 4) is 0 Å². The highest BCUT2D eigenvalue weighted by Gasteiger charge is 2.76. The zero-order valence-electron chi connectivity index (χ0n) is 26.4. The molecule has 4 aliphatic rings. The van der Waals surface area contributed by atoms with E-state index >= 15 is 0 Å². The number of hydrogen-bond donors (Lipinski definition) is 5. The number of aliphatic hydroxyl groups excluding tert-OH is 2. The first-order chi connectivity index (χ1) is 20.3. The topological polar surface area (TPSA) is 198 Å². The summed E-state index contributed by atoms with van der Waals surface area (Å²) in [5, 5.41) is 49.8. The minimum absolute atomic E-state index is 0.0675. The molecule has 2 bridgehead atoms. The fourth-order valence-corrected chi connectivity index (χ4v) is 8.28. The van der Waals surface area contributed by atoms with Crippen LogP contribution >= 0.6 is 11.8 Å². The largest absolute Gasteiger partial charge is 0.459 e. The van der Waals surface area contributed by atoms with E-state index < -0.39 is 94.2 Å². The van der Waals surface area contributed by atoms with E-state index in [4.69, 9.17) is 18.9 Å². The second kappa shape index (κ2) is 11.9. The Balaban J connectivity index is 1.92. The van der Waals surface area contributed by atoms with E-state index in [0.717, 1.165) is 6.92 Å². The van der Waals surface area contributed by atoms with E-state index in [-0.39, 0.29) is 36.5 Å². The van der Waals surface area contributed by atoms with Crippen LogP contribution in [0, 0.1) is 16.7 Å². The number of hydrogen-bond acceptors (Lipinski definition) is 13. The van der Waals surface area contributed by atoms with Crippen molar-refractivity contribution in [3.63, 3.8) is 0 Å². The van der Waals surface area contributed by atoms with Crippen molar-refractivity contribution in [2.24, 2.45) is 16.7 Å². The van der Waals surface area contributed by atoms with E-state index in [1.807, 2.05) is 6.26 Å². The van der Waals surface area contributed by atoms with Crippen LogP contribution in [0.25, 0.3) is 0 Å². The van der Waals surface area contributed by atoms with Crippen molar-refractivity contribution in [1.82, 2.24) is 5.32 Å². The van der Waals surface area contributed by atoms with Gasteiger partial charge >= 0.3 is 11.9 Å². The van der Waals surface area contributed by atoms with Gasteiger partial charge in [0, 0.05) is 38.0 Å². The molecular weight excluding hydrogens is 598 g/mol. The number of ketones is 1. The van der Waals surface area contributed by atoms with Crippen LogP contribution in [-0.4, -0.2) is 117 Å². The molecule has 3 fully saturated rings. The summed E-state index contributed by atoms with van der Waals surface area (Å²) >= 11 is 1.37. The zero-order chi connectivity index (χ0) is 33.2. The summed E-state index contributed by atoms with van der Waals surface area (Å²) in [5.74, 6) is -4.20. The molecule has 2 saturated carbocycles. The van der Waals surface area contributed by atoms with Crippen molar-refractivity contribution in [2.45, 2.75) is 115 Å². The highest BCUT2D eigenvalue weighted by molar-refractivity contribution is 7.98. The Bertz CT molecular complexity index is 1240. The van der Waals surface area contributed by atoms with Crippen molar-refractivity contribution < 1.29 is 58.6 Å². The molecule has 248 valence electrons. The maximum absolute atomic E-state index is 14.6. The van der Waals surface area contributed by atoms with Crippen molar-refractivity contribution in [2.75, 3.05) is 18.8 Å². The summed E-state index contributed by atoms with van der Waals surface area (Å²) in [6.07, 6.45) is -6.55. The lowest BCUT2D eigenvalue weighted by Crippen LogP contribution is -2.81. The normalized spacial score (nSPS) is 40.7. The number of fused-ring (bicyclic) bond motifs is 5. The number of nitrogens with one attached hydrogen (secondary N) is 1. The number of amides is 1. The number of Topliss-reactive ketones (excluding diaryl/α,β-unsaturated/α-hetero) is 1. The standard InChI is InChI=1S/C30H45NO12S/c1-13-17(43-26(37)21(34)14(2)31-15(3)32)10-30(39)25(42-16(4)33)23-28(7,24(36)22(35)20(13)27(30,5)6)18(41-12-44-8)9-19-29(23,38)11-40-19/h14,17-19,21-23,25,34-35,38-39H,9-12H2,1-8H3,(H,31,32)/t14-,17-,18?,19?,21+,22+,23-,25-,28+,29-,30+/m0/s1. The van der Waals surface area contributed by atoms with Gasteiger partial charge in [0.15, 0.2) is 11.9 Å². The van der Waals surface area contributed by atoms with Crippen LogP contribution in [0.1, 0.15) is 61.3 Å². The first-order valence-corrected chi connectivity index (χ1v) is 16.1. The third-order valence-electron chi connectivity index (χ3n) is 10.4. The number of thioether (sulfide) groups is 1. The minimum atomic E-state index is -2.13. The Labute approximate surface area is 261 Å². The number of aliphatic hydroxyl groups is 4. The molecule has 2 unspecified atom stereocenters. The molecular formula is C30H45NO12S. The highest BCUT2D eigenvalue weighted by atomic mass is 32.2. The predicted molar refractivity (Wildman–Crippen MR) is 156 cm³/mol. The Morgan fingerprint density at radius 1 is 1.16 bits per heavy atom. The number of esters is 2. The van der Waals surface area contributed by atoms with Crippen LogP contribution in [0.3, 0.4) is 0 Å². The molecule has 14 heteroatoms. The van der Waals surface area contributed by atoms with Gasteiger partial charge in [-0.25, -0.2) is 4.79 Å². The fraction of sp³-hybridized carbons (Fsp3) is 0.800. The number of carbonyl (C=O) groups excluding carboxylic acids is 4. The molecule has 44 heavy (non-hydrogen) atoms. The third kappa shape index (κ3) is 5.19. The van der Waals surface area contributed by atoms with Gasteiger partial charge in [0.25, 0.3) is 0 Å². The molecule has 0 aromatic rings. The lowest BCUT2D eigenvalue weighted by atomic mass is 9.44. The Morgan fingerprint density at radius 2 is 1.80 bits per heavy atom. The lowest BCUT2D eigenvalue weighted by Gasteiger charge is -2.67.